The fourth-order valence-electron chi connectivity index (χ4n) is 3.52. The number of hydrogen-bond acceptors (Lipinski definition) is 2. The number of halogens is 1. The third kappa shape index (κ3) is 2.78. The maximum Gasteiger partial charge on any atom is 0.0659 e. The second-order valence-corrected chi connectivity index (χ2v) is 8.94. The van der Waals surface area contributed by atoms with Crippen LogP contribution in [0.4, 0.5) is 0 Å². The second-order valence-electron chi connectivity index (χ2n) is 5.91. The summed E-state index contributed by atoms with van der Waals surface area (Å²) in [5.41, 5.74) is 1.62. The molecule has 100 valence electrons. The summed E-state index contributed by atoms with van der Waals surface area (Å²) >= 11 is 4.48. The molecule has 3 atom stereocenters. The van der Waals surface area contributed by atoms with Crippen molar-refractivity contribution in [1.29, 1.82) is 0 Å². The van der Waals surface area contributed by atoms with E-state index in [-0.39, 0.29) is 0 Å². The van der Waals surface area contributed by atoms with Crippen molar-refractivity contribution in [2.45, 2.75) is 64.0 Å². The molecule has 0 aromatic carbocycles. The van der Waals surface area contributed by atoms with E-state index in [0.717, 1.165) is 12.0 Å². The van der Waals surface area contributed by atoms with Gasteiger partial charge in [0, 0.05) is 17.0 Å². The highest BCUT2D eigenvalue weighted by Crippen LogP contribution is 2.37. The molecule has 18 heavy (non-hydrogen) atoms. The molecule has 0 saturated heterocycles. The molecule has 3 rings (SSSR count). The van der Waals surface area contributed by atoms with E-state index < -0.39 is 0 Å². The Morgan fingerprint density at radius 1 is 1.22 bits per heavy atom. The van der Waals surface area contributed by atoms with Crippen LogP contribution in [0.15, 0.2) is 6.07 Å². The van der Waals surface area contributed by atoms with Gasteiger partial charge in [-0.15, -0.1) is 11.3 Å². The molecule has 0 radical (unpaired) electrons. The molecule has 3 heteroatoms. The minimum atomic E-state index is 0.638. The third-order valence-corrected chi connectivity index (χ3v) is 6.58. The van der Waals surface area contributed by atoms with Gasteiger partial charge in [-0.2, -0.15) is 0 Å². The molecule has 1 aromatic rings. The number of aryl methyl sites for hydroxylation is 1. The first-order valence-electron chi connectivity index (χ1n) is 7.28. The van der Waals surface area contributed by atoms with E-state index in [1.54, 1.807) is 10.4 Å². The molecule has 1 N–H and O–H groups in total. The van der Waals surface area contributed by atoms with Gasteiger partial charge in [0.05, 0.1) is 2.88 Å². The highest BCUT2D eigenvalue weighted by Gasteiger charge is 2.28. The average Bonchev–Trinajstić information content (AvgIpc) is 2.73. The number of rotatable bonds is 2. The Balaban J connectivity index is 1.73. The fraction of sp³-hybridized carbons (Fsp3) is 0.733. The Morgan fingerprint density at radius 2 is 2.06 bits per heavy atom. The monoisotopic (exact) mass is 375 g/mol. The number of nitrogens with one attached hydrogen (secondary N) is 1. The summed E-state index contributed by atoms with van der Waals surface area (Å²) in [7, 11) is 0. The zero-order valence-electron chi connectivity index (χ0n) is 11.0. The zero-order valence-corrected chi connectivity index (χ0v) is 14.0. The predicted octanol–water partition coefficient (Wildman–Crippen LogP) is 4.90. The van der Waals surface area contributed by atoms with Crippen molar-refractivity contribution in [2.24, 2.45) is 5.92 Å². The van der Waals surface area contributed by atoms with E-state index in [0.29, 0.717) is 6.04 Å². The summed E-state index contributed by atoms with van der Waals surface area (Å²) in [6, 6.07) is 3.82. The van der Waals surface area contributed by atoms with Crippen LogP contribution in [0.1, 0.15) is 61.9 Å². The Morgan fingerprint density at radius 3 is 2.89 bits per heavy atom. The molecule has 0 spiro atoms. The molecule has 1 fully saturated rings. The second kappa shape index (κ2) is 5.80. The quantitative estimate of drug-likeness (QED) is 0.726. The summed E-state index contributed by atoms with van der Waals surface area (Å²) in [5, 5.41) is 3.98. The lowest BCUT2D eigenvalue weighted by molar-refractivity contribution is 0.250. The van der Waals surface area contributed by atoms with Gasteiger partial charge in [0.1, 0.15) is 0 Å². The molecule has 0 aliphatic heterocycles. The minimum Gasteiger partial charge on any atom is -0.307 e. The lowest BCUT2D eigenvalue weighted by atomic mass is 9.84. The van der Waals surface area contributed by atoms with Gasteiger partial charge in [-0.3, -0.25) is 0 Å². The van der Waals surface area contributed by atoms with Crippen LogP contribution < -0.4 is 5.32 Å². The Kier molecular flexibility index (Phi) is 4.31. The Hall–Kier alpha value is 0.390. The van der Waals surface area contributed by atoms with Crippen LogP contribution in [0.5, 0.6) is 0 Å². The molecule has 1 aromatic heterocycles. The van der Waals surface area contributed by atoms with Crippen molar-refractivity contribution >= 4 is 33.9 Å². The summed E-state index contributed by atoms with van der Waals surface area (Å²) in [4.78, 5) is 1.65. The van der Waals surface area contributed by atoms with Crippen LogP contribution in [-0.4, -0.2) is 6.04 Å². The van der Waals surface area contributed by atoms with Crippen molar-refractivity contribution in [3.05, 3.63) is 19.4 Å². The van der Waals surface area contributed by atoms with Crippen molar-refractivity contribution in [3.63, 3.8) is 0 Å². The maximum atomic E-state index is 3.98. The summed E-state index contributed by atoms with van der Waals surface area (Å²) < 4.78 is 1.46. The molecule has 1 saturated carbocycles. The van der Waals surface area contributed by atoms with Crippen LogP contribution in [0, 0.1) is 8.80 Å². The van der Waals surface area contributed by atoms with E-state index in [1.807, 2.05) is 11.3 Å². The van der Waals surface area contributed by atoms with Gasteiger partial charge in [-0.1, -0.05) is 19.8 Å². The molecule has 3 unspecified atom stereocenters. The SMILES string of the molecule is CC1CCCCC1NC1CCCc2sc(I)cc21. The number of hydrogen-bond donors (Lipinski definition) is 1. The normalized spacial score (nSPS) is 32.2. The van der Waals surface area contributed by atoms with E-state index in [4.69, 9.17) is 0 Å². The average molecular weight is 375 g/mol. The van der Waals surface area contributed by atoms with Crippen molar-refractivity contribution in [1.82, 2.24) is 5.32 Å². The van der Waals surface area contributed by atoms with Crippen molar-refractivity contribution in [3.8, 4) is 0 Å². The standard InChI is InChI=1S/C15H22INS/c1-10-5-2-3-6-12(10)17-13-7-4-8-14-11(13)9-15(16)18-14/h9-10,12-13,17H,2-8H2,1H3. The first kappa shape index (κ1) is 13.4. The third-order valence-electron chi connectivity index (χ3n) is 4.61. The fourth-order valence-corrected chi connectivity index (χ4v) is 5.64. The lowest BCUT2D eigenvalue weighted by Gasteiger charge is -2.35. The van der Waals surface area contributed by atoms with Crippen molar-refractivity contribution in [2.75, 3.05) is 0 Å². The molecule has 2 aliphatic rings. The molecule has 0 bridgehead atoms. The van der Waals surface area contributed by atoms with Crippen LogP contribution >= 0.6 is 33.9 Å². The summed E-state index contributed by atoms with van der Waals surface area (Å²) in [5.74, 6) is 0.863. The Labute approximate surface area is 128 Å². The first-order valence-corrected chi connectivity index (χ1v) is 9.17. The zero-order chi connectivity index (χ0) is 12.5. The van der Waals surface area contributed by atoms with Gasteiger partial charge in [0.25, 0.3) is 0 Å². The van der Waals surface area contributed by atoms with E-state index in [1.165, 1.54) is 47.8 Å². The molecule has 2 aliphatic carbocycles. The number of fused-ring (bicyclic) bond motifs is 1. The predicted molar refractivity (Wildman–Crippen MR) is 87.3 cm³/mol. The first-order chi connectivity index (χ1) is 8.74. The van der Waals surface area contributed by atoms with E-state index >= 15 is 0 Å². The highest BCUT2D eigenvalue weighted by atomic mass is 127. The molecule has 1 heterocycles. The van der Waals surface area contributed by atoms with Crippen LogP contribution in [-0.2, 0) is 6.42 Å². The molecular weight excluding hydrogens is 353 g/mol. The maximum absolute atomic E-state index is 3.98. The topological polar surface area (TPSA) is 12.0 Å². The largest absolute Gasteiger partial charge is 0.307 e. The van der Waals surface area contributed by atoms with Gasteiger partial charge < -0.3 is 5.32 Å². The van der Waals surface area contributed by atoms with Gasteiger partial charge in [-0.05, 0) is 72.2 Å². The van der Waals surface area contributed by atoms with Gasteiger partial charge in [0.2, 0.25) is 0 Å². The van der Waals surface area contributed by atoms with Crippen LogP contribution in [0.25, 0.3) is 0 Å². The lowest BCUT2D eigenvalue weighted by Crippen LogP contribution is -2.40. The molecular formula is C15H22INS. The van der Waals surface area contributed by atoms with E-state index in [9.17, 15) is 0 Å². The molecule has 0 amide bonds. The summed E-state index contributed by atoms with van der Waals surface area (Å²) in [6.45, 7) is 2.43. The van der Waals surface area contributed by atoms with Gasteiger partial charge >= 0.3 is 0 Å². The Bertz CT molecular complexity index is 415. The highest BCUT2D eigenvalue weighted by molar-refractivity contribution is 14.1. The smallest absolute Gasteiger partial charge is 0.0659 e. The van der Waals surface area contributed by atoms with E-state index in [2.05, 4.69) is 40.9 Å². The van der Waals surface area contributed by atoms with Crippen LogP contribution in [0.2, 0.25) is 0 Å². The van der Waals surface area contributed by atoms with Crippen molar-refractivity contribution < 1.29 is 0 Å². The number of thiophene rings is 1. The molecule has 1 nitrogen and oxygen atoms in total. The van der Waals surface area contributed by atoms with Crippen LogP contribution in [0.3, 0.4) is 0 Å². The minimum absolute atomic E-state index is 0.638. The van der Waals surface area contributed by atoms with Gasteiger partial charge in [0.15, 0.2) is 0 Å². The summed E-state index contributed by atoms with van der Waals surface area (Å²) in [6.07, 6.45) is 9.66. The van der Waals surface area contributed by atoms with Gasteiger partial charge in [-0.25, -0.2) is 0 Å².